The van der Waals surface area contributed by atoms with Gasteiger partial charge < -0.3 is 10.1 Å². The highest BCUT2D eigenvalue weighted by Gasteiger charge is 2.73. The zero-order valence-corrected chi connectivity index (χ0v) is 13.1. The molecular weight excluding hydrogens is 288 g/mol. The number of ether oxygens (including phenoxy) is 1. The van der Waals surface area contributed by atoms with Crippen LogP contribution in [0.15, 0.2) is 18.2 Å². The van der Waals surface area contributed by atoms with E-state index in [-0.39, 0.29) is 11.5 Å². The normalized spacial score (nSPS) is 26.9. The third-order valence-electron chi connectivity index (χ3n) is 4.49. The van der Waals surface area contributed by atoms with Crippen molar-refractivity contribution < 1.29 is 18.3 Å². The van der Waals surface area contributed by atoms with E-state index in [1.165, 1.54) is 12.1 Å². The summed E-state index contributed by atoms with van der Waals surface area (Å²) in [5.74, 6) is -0.538. The minimum absolute atomic E-state index is 0.125. The summed E-state index contributed by atoms with van der Waals surface area (Å²) in [5, 5.41) is 2.90. The third-order valence-corrected chi connectivity index (χ3v) is 4.49. The van der Waals surface area contributed by atoms with Gasteiger partial charge in [-0.15, -0.1) is 0 Å². The molecule has 0 unspecified atom stereocenters. The largest absolute Gasteiger partial charge is 0.444 e. The topological polar surface area (TPSA) is 38.3 Å². The second-order valence-electron chi connectivity index (χ2n) is 7.52. The Bertz CT molecular complexity index is 583. The average molecular weight is 309 g/mol. The summed E-state index contributed by atoms with van der Waals surface area (Å²) in [5.41, 5.74) is 0.120. The summed E-state index contributed by atoms with van der Waals surface area (Å²) in [7, 11) is 0. The lowest BCUT2D eigenvalue weighted by Gasteiger charge is -2.25. The molecule has 0 radical (unpaired) electrons. The van der Waals surface area contributed by atoms with Crippen LogP contribution in [0.25, 0.3) is 0 Å². The molecule has 0 heterocycles. The molecule has 2 saturated carbocycles. The number of halogens is 2. The first-order chi connectivity index (χ1) is 10.2. The highest BCUT2D eigenvalue weighted by Crippen LogP contribution is 2.77. The van der Waals surface area contributed by atoms with E-state index in [1.807, 2.05) is 0 Å². The van der Waals surface area contributed by atoms with Crippen LogP contribution in [0.1, 0.15) is 39.2 Å². The molecule has 2 aliphatic carbocycles. The number of fused-ring (bicyclic) bond motifs is 1. The summed E-state index contributed by atoms with van der Waals surface area (Å²) in [6.07, 6.45) is 2.10. The Hall–Kier alpha value is -1.65. The number of carbonyl (C=O) groups is 1. The molecule has 1 N–H and O–H groups in total. The Morgan fingerprint density at radius 1 is 1.32 bits per heavy atom. The fraction of sp³-hybridized carbons (Fsp3) is 0.588. The number of amides is 1. The molecule has 1 aromatic carbocycles. The number of hydrogen-bond acceptors (Lipinski definition) is 2. The van der Waals surface area contributed by atoms with Gasteiger partial charge in [0.25, 0.3) is 0 Å². The first kappa shape index (κ1) is 15.3. The number of benzene rings is 1. The molecule has 0 spiro atoms. The molecule has 2 fully saturated rings. The van der Waals surface area contributed by atoms with Gasteiger partial charge in [-0.05, 0) is 69.1 Å². The Morgan fingerprint density at radius 3 is 2.32 bits per heavy atom. The minimum Gasteiger partial charge on any atom is -0.444 e. The maximum absolute atomic E-state index is 13.3. The van der Waals surface area contributed by atoms with Gasteiger partial charge in [-0.3, -0.25) is 0 Å². The van der Waals surface area contributed by atoms with E-state index in [0.29, 0.717) is 17.9 Å². The van der Waals surface area contributed by atoms with E-state index >= 15 is 0 Å². The van der Waals surface area contributed by atoms with E-state index < -0.39 is 23.3 Å². The van der Waals surface area contributed by atoms with Crippen molar-refractivity contribution in [3.63, 3.8) is 0 Å². The minimum atomic E-state index is -0.591. The Labute approximate surface area is 129 Å². The number of alkyl carbamates (subject to hydrolysis) is 1. The zero-order valence-electron chi connectivity index (χ0n) is 13.1. The number of nitrogens with one attached hydrogen (secondary N) is 1. The number of rotatable bonds is 4. The lowest BCUT2D eigenvalue weighted by Crippen LogP contribution is -2.43. The van der Waals surface area contributed by atoms with Crippen LogP contribution in [0.5, 0.6) is 0 Å². The van der Waals surface area contributed by atoms with E-state index in [4.69, 9.17) is 4.74 Å². The van der Waals surface area contributed by atoms with E-state index in [2.05, 4.69) is 5.32 Å². The summed E-state index contributed by atoms with van der Waals surface area (Å²) in [6, 6.07) is 3.37. The Kier molecular flexibility index (Phi) is 3.42. The summed E-state index contributed by atoms with van der Waals surface area (Å²) in [4.78, 5) is 12.0. The van der Waals surface area contributed by atoms with Crippen molar-refractivity contribution >= 4 is 6.09 Å². The molecule has 1 atom stereocenters. The highest BCUT2D eigenvalue weighted by molar-refractivity contribution is 5.68. The smallest absolute Gasteiger partial charge is 0.407 e. The second kappa shape index (κ2) is 4.93. The maximum atomic E-state index is 13.3. The van der Waals surface area contributed by atoms with E-state index in [1.54, 1.807) is 20.8 Å². The molecule has 0 bridgehead atoms. The molecule has 1 aromatic rings. The van der Waals surface area contributed by atoms with Gasteiger partial charge in [0.15, 0.2) is 0 Å². The van der Waals surface area contributed by atoms with Crippen LogP contribution in [0, 0.1) is 23.0 Å². The van der Waals surface area contributed by atoms with Crippen molar-refractivity contribution in [3.05, 3.63) is 35.4 Å². The average Bonchev–Trinajstić information content (AvgIpc) is 3.11. The highest BCUT2D eigenvalue weighted by atomic mass is 19.1. The van der Waals surface area contributed by atoms with Gasteiger partial charge in [0, 0.05) is 12.1 Å². The fourth-order valence-corrected chi connectivity index (χ4v) is 3.12. The van der Waals surface area contributed by atoms with Crippen molar-refractivity contribution in [2.24, 2.45) is 11.3 Å². The second-order valence-corrected chi connectivity index (χ2v) is 7.52. The van der Waals surface area contributed by atoms with Crippen LogP contribution in [-0.2, 0) is 11.2 Å². The van der Waals surface area contributed by atoms with Gasteiger partial charge in [-0.1, -0.05) is 0 Å². The molecule has 0 saturated heterocycles. The summed E-state index contributed by atoms with van der Waals surface area (Å²) >= 11 is 0. The molecule has 0 aliphatic heterocycles. The van der Waals surface area contributed by atoms with Gasteiger partial charge in [0.2, 0.25) is 0 Å². The van der Waals surface area contributed by atoms with Crippen LogP contribution in [0.3, 0.4) is 0 Å². The molecule has 3 rings (SSSR count). The molecule has 1 amide bonds. The van der Waals surface area contributed by atoms with Crippen LogP contribution in [0.2, 0.25) is 0 Å². The van der Waals surface area contributed by atoms with Crippen LogP contribution >= 0.6 is 0 Å². The fourth-order valence-electron chi connectivity index (χ4n) is 3.12. The first-order valence-corrected chi connectivity index (χ1v) is 7.62. The zero-order chi connectivity index (χ0) is 16.1. The lowest BCUT2D eigenvalue weighted by atomic mass is 9.96. The first-order valence-electron chi connectivity index (χ1n) is 7.62. The standard InChI is InChI=1S/C17H21F2NO2/c1-16(2,3)22-15(21)20-14(17-8-11(17)9-17)6-10-4-12(18)7-13(19)5-10/h4-5,7,11,14H,6,8-9H2,1-3H3,(H,20,21)/t11?,14-,17?/m0/s1. The Morgan fingerprint density at radius 2 is 1.86 bits per heavy atom. The van der Waals surface area contributed by atoms with Gasteiger partial charge >= 0.3 is 6.09 Å². The molecule has 22 heavy (non-hydrogen) atoms. The van der Waals surface area contributed by atoms with Crippen molar-refractivity contribution in [2.75, 3.05) is 0 Å². The molecule has 5 heteroatoms. The monoisotopic (exact) mass is 309 g/mol. The molecular formula is C17H21F2NO2. The van der Waals surface area contributed by atoms with Crippen LogP contribution in [-0.4, -0.2) is 17.7 Å². The third kappa shape index (κ3) is 3.23. The summed E-state index contributed by atoms with van der Waals surface area (Å²) in [6.45, 7) is 5.41. The van der Waals surface area contributed by atoms with Crippen molar-refractivity contribution in [2.45, 2.75) is 51.7 Å². The molecule has 120 valence electrons. The van der Waals surface area contributed by atoms with Gasteiger partial charge in [-0.2, -0.15) is 0 Å². The van der Waals surface area contributed by atoms with E-state index in [0.717, 1.165) is 18.9 Å². The van der Waals surface area contributed by atoms with Gasteiger partial charge in [-0.25, -0.2) is 13.6 Å². The van der Waals surface area contributed by atoms with Crippen molar-refractivity contribution in [1.82, 2.24) is 5.32 Å². The lowest BCUT2D eigenvalue weighted by molar-refractivity contribution is 0.0489. The molecule has 3 nitrogen and oxygen atoms in total. The molecule has 2 aliphatic rings. The number of hydrogen-bond donors (Lipinski definition) is 1. The van der Waals surface area contributed by atoms with E-state index in [9.17, 15) is 13.6 Å². The number of carbonyl (C=O) groups excluding carboxylic acids is 1. The van der Waals surface area contributed by atoms with Crippen LogP contribution < -0.4 is 5.32 Å². The van der Waals surface area contributed by atoms with Gasteiger partial charge in [0.05, 0.1) is 0 Å². The SMILES string of the molecule is CC(C)(C)OC(=O)N[C@@H](Cc1cc(F)cc(F)c1)C12CC1C2. The molecule has 0 aromatic heterocycles. The van der Waals surface area contributed by atoms with Crippen molar-refractivity contribution in [1.29, 1.82) is 0 Å². The van der Waals surface area contributed by atoms with Crippen molar-refractivity contribution in [3.8, 4) is 0 Å². The van der Waals surface area contributed by atoms with Crippen LogP contribution in [0.4, 0.5) is 13.6 Å². The maximum Gasteiger partial charge on any atom is 0.407 e. The predicted molar refractivity (Wildman–Crippen MR) is 78.4 cm³/mol. The Balaban J connectivity index is 1.70. The van der Waals surface area contributed by atoms with Gasteiger partial charge in [0.1, 0.15) is 17.2 Å². The quantitative estimate of drug-likeness (QED) is 0.918. The summed E-state index contributed by atoms with van der Waals surface area (Å²) < 4.78 is 32.0. The predicted octanol–water partition coefficient (Wildman–Crippen LogP) is 3.81.